The highest BCUT2D eigenvalue weighted by Crippen LogP contribution is 2.34. The lowest BCUT2D eigenvalue weighted by Gasteiger charge is -2.34. The maximum Gasteiger partial charge on any atom is 0.267 e. The molecule has 2 nitrogen and oxygen atoms in total. The number of hydrogen-bond donors (Lipinski definition) is 1. The summed E-state index contributed by atoms with van der Waals surface area (Å²) in [5, 5.41) is -0.760. The Morgan fingerprint density at radius 1 is 1.17 bits per heavy atom. The Morgan fingerprint density at radius 3 is 1.83 bits per heavy atom. The number of nitrogens with two attached hydrogens (primary N) is 1. The van der Waals surface area contributed by atoms with Crippen LogP contribution in [-0.4, -0.2) is 29.8 Å². The predicted molar refractivity (Wildman–Crippen MR) is 37.5 cm³/mol. The monoisotopic (exact) mass is 212 g/mol. The van der Waals surface area contributed by atoms with Crippen LogP contribution < -0.4 is 5.84 Å². The van der Waals surface area contributed by atoms with Crippen molar-refractivity contribution in [1.82, 2.24) is 5.01 Å². The van der Waals surface area contributed by atoms with Crippen molar-refractivity contribution in [3.05, 3.63) is 0 Å². The van der Waals surface area contributed by atoms with E-state index in [9.17, 15) is 17.6 Å². The third kappa shape index (κ3) is 3.12. The van der Waals surface area contributed by atoms with Gasteiger partial charge in [0.1, 0.15) is 0 Å². The lowest BCUT2D eigenvalue weighted by atomic mass is 10.1. The highest BCUT2D eigenvalue weighted by molar-refractivity contribution is 5.85. The van der Waals surface area contributed by atoms with Gasteiger partial charge in [0.25, 0.3) is 11.8 Å². The standard InChI is InChI=1S/C5H8F4N2.ClH/c6-4(7)1-5(8,9)3-11(10)2-4;/h1-3,10H2;1H/i2D2,3D2;. The van der Waals surface area contributed by atoms with E-state index in [4.69, 9.17) is 5.48 Å². The Bertz CT molecular complexity index is 262. The third-order valence-corrected chi connectivity index (χ3v) is 1.01. The van der Waals surface area contributed by atoms with E-state index in [1.165, 1.54) is 0 Å². The molecule has 0 saturated carbocycles. The molecular weight excluding hydrogens is 200 g/mol. The average molecular weight is 213 g/mol. The maximum atomic E-state index is 12.9. The Morgan fingerprint density at radius 2 is 1.50 bits per heavy atom. The van der Waals surface area contributed by atoms with E-state index < -0.39 is 36.3 Å². The van der Waals surface area contributed by atoms with Crippen molar-refractivity contribution in [2.24, 2.45) is 5.84 Å². The molecule has 74 valence electrons. The largest absolute Gasteiger partial charge is 0.268 e. The van der Waals surface area contributed by atoms with Crippen LogP contribution in [0.4, 0.5) is 17.6 Å². The van der Waals surface area contributed by atoms with Gasteiger partial charge in [-0.25, -0.2) is 22.6 Å². The molecule has 0 aliphatic carbocycles. The van der Waals surface area contributed by atoms with E-state index in [-0.39, 0.29) is 12.4 Å². The molecule has 0 aromatic heterocycles. The molecule has 0 aromatic rings. The molecule has 1 aliphatic heterocycles. The van der Waals surface area contributed by atoms with E-state index >= 15 is 0 Å². The van der Waals surface area contributed by atoms with Crippen LogP contribution >= 0.6 is 12.4 Å². The van der Waals surface area contributed by atoms with E-state index in [1.807, 2.05) is 0 Å². The van der Waals surface area contributed by atoms with Crippen LogP contribution in [0.3, 0.4) is 0 Å². The molecule has 0 unspecified atom stereocenters. The molecule has 0 bridgehead atoms. The number of hydrogen-bond acceptors (Lipinski definition) is 2. The fraction of sp³-hybridized carbons (Fsp3) is 1.00. The zero-order valence-electron chi connectivity index (χ0n) is 9.65. The number of nitrogens with zero attached hydrogens (tertiary/aromatic N) is 1. The average Bonchev–Trinajstić information content (AvgIpc) is 1.98. The molecule has 2 N–H and O–H groups in total. The number of alkyl halides is 4. The van der Waals surface area contributed by atoms with Gasteiger partial charge in [0.2, 0.25) is 0 Å². The van der Waals surface area contributed by atoms with Crippen LogP contribution in [0.5, 0.6) is 0 Å². The second-order valence-corrected chi connectivity index (χ2v) is 2.18. The van der Waals surface area contributed by atoms with E-state index in [2.05, 4.69) is 5.84 Å². The molecule has 1 fully saturated rings. The predicted octanol–water partition coefficient (Wildman–Crippen LogP) is 1.26. The quantitative estimate of drug-likeness (QED) is 0.484. The van der Waals surface area contributed by atoms with Gasteiger partial charge in [0, 0.05) is 0 Å². The van der Waals surface area contributed by atoms with Crippen LogP contribution in [0.25, 0.3) is 0 Å². The summed E-state index contributed by atoms with van der Waals surface area (Å²) >= 11 is 0. The number of piperidine rings is 1. The van der Waals surface area contributed by atoms with Gasteiger partial charge < -0.3 is 0 Å². The molecule has 12 heavy (non-hydrogen) atoms. The minimum atomic E-state index is -4.42. The Hall–Kier alpha value is -0.0700. The van der Waals surface area contributed by atoms with E-state index in [1.54, 1.807) is 0 Å². The highest BCUT2D eigenvalue weighted by Gasteiger charge is 2.49. The van der Waals surface area contributed by atoms with Gasteiger partial charge >= 0.3 is 0 Å². The van der Waals surface area contributed by atoms with Crippen molar-refractivity contribution in [3.63, 3.8) is 0 Å². The lowest BCUT2D eigenvalue weighted by Crippen LogP contribution is -2.55. The molecule has 1 heterocycles. The number of halogens is 5. The normalized spacial score (nSPS) is 41.1. The van der Waals surface area contributed by atoms with Gasteiger partial charge in [-0.3, -0.25) is 5.84 Å². The Labute approximate surface area is 78.7 Å². The third-order valence-electron chi connectivity index (χ3n) is 1.01. The maximum absolute atomic E-state index is 12.9. The second kappa shape index (κ2) is 3.35. The summed E-state index contributed by atoms with van der Waals surface area (Å²) in [5.74, 6) is -4.17. The molecule has 1 rings (SSSR count). The summed E-state index contributed by atoms with van der Waals surface area (Å²) in [6.45, 7) is -7.31. The van der Waals surface area contributed by atoms with Gasteiger partial charge in [-0.1, -0.05) is 0 Å². The topological polar surface area (TPSA) is 29.3 Å². The van der Waals surface area contributed by atoms with Crippen LogP contribution in [0.15, 0.2) is 0 Å². The van der Waals surface area contributed by atoms with Gasteiger partial charge in [-0.2, -0.15) is 0 Å². The minimum Gasteiger partial charge on any atom is -0.268 e. The Kier molecular flexibility index (Phi) is 1.79. The first-order valence-electron chi connectivity index (χ1n) is 4.67. The van der Waals surface area contributed by atoms with Gasteiger partial charge in [-0.15, -0.1) is 12.4 Å². The molecule has 7 heteroatoms. The Balaban J connectivity index is 0.00000225. The van der Waals surface area contributed by atoms with Crippen LogP contribution in [0.1, 0.15) is 11.9 Å². The molecule has 0 amide bonds. The number of rotatable bonds is 0. The molecule has 1 aliphatic rings. The summed E-state index contributed by atoms with van der Waals surface area (Å²) in [5.41, 5.74) is 0. The summed E-state index contributed by atoms with van der Waals surface area (Å²) < 4.78 is 79.0. The first kappa shape index (κ1) is 6.39. The zero-order chi connectivity index (χ0) is 12.3. The van der Waals surface area contributed by atoms with Gasteiger partial charge in [-0.05, 0) is 0 Å². The first-order chi connectivity index (χ1) is 6.36. The fourth-order valence-electron chi connectivity index (χ4n) is 0.738. The van der Waals surface area contributed by atoms with E-state index in [0.29, 0.717) is 0 Å². The van der Waals surface area contributed by atoms with E-state index in [0.717, 1.165) is 0 Å². The van der Waals surface area contributed by atoms with Crippen molar-refractivity contribution in [2.75, 3.05) is 13.0 Å². The van der Waals surface area contributed by atoms with Crippen molar-refractivity contribution in [3.8, 4) is 0 Å². The van der Waals surface area contributed by atoms with Crippen molar-refractivity contribution >= 4 is 12.4 Å². The number of hydrazine groups is 1. The highest BCUT2D eigenvalue weighted by atomic mass is 35.5. The van der Waals surface area contributed by atoms with Crippen LogP contribution in [0, 0.1) is 0 Å². The smallest absolute Gasteiger partial charge is 0.267 e. The SMILES string of the molecule is Cl.[2H]C1([2H])N(N)C([2H])([2H])C(F)(F)CC1(F)F. The molecule has 0 aromatic carbocycles. The van der Waals surface area contributed by atoms with Crippen molar-refractivity contribution in [1.29, 1.82) is 0 Å². The molecule has 0 radical (unpaired) electrons. The summed E-state index contributed by atoms with van der Waals surface area (Å²) in [4.78, 5) is 0. The summed E-state index contributed by atoms with van der Waals surface area (Å²) in [6.07, 6.45) is -2.21. The van der Waals surface area contributed by atoms with Gasteiger partial charge in [0.05, 0.1) is 24.9 Å². The molecule has 1 saturated heterocycles. The molecular formula is C5H9ClF4N2. The van der Waals surface area contributed by atoms with Crippen LogP contribution in [-0.2, 0) is 0 Å². The lowest BCUT2D eigenvalue weighted by molar-refractivity contribution is -0.171. The zero-order valence-corrected chi connectivity index (χ0v) is 6.47. The van der Waals surface area contributed by atoms with Crippen LogP contribution in [0.2, 0.25) is 0 Å². The summed E-state index contributed by atoms with van der Waals surface area (Å²) in [7, 11) is 0. The molecule has 0 spiro atoms. The minimum absolute atomic E-state index is 0. The second-order valence-electron chi connectivity index (χ2n) is 2.18. The fourth-order valence-corrected chi connectivity index (χ4v) is 0.738. The van der Waals surface area contributed by atoms with Gasteiger partial charge in [0.15, 0.2) is 0 Å². The molecule has 0 atom stereocenters. The first-order valence-corrected chi connectivity index (χ1v) is 2.67. The summed E-state index contributed by atoms with van der Waals surface area (Å²) in [6, 6.07) is 0. The van der Waals surface area contributed by atoms with Crippen molar-refractivity contribution < 1.29 is 23.0 Å². The van der Waals surface area contributed by atoms with Crippen molar-refractivity contribution in [2.45, 2.75) is 18.3 Å².